The predicted octanol–water partition coefficient (Wildman–Crippen LogP) is 23.5. The van der Waals surface area contributed by atoms with Gasteiger partial charge in [-0.15, -0.1) is 0 Å². The quantitative estimate of drug-likeness (QED) is 0.0355. The molecule has 119 heavy (non-hydrogen) atoms. The molecule has 2 aromatic heterocycles. The Morgan fingerprint density at radius 1 is 0.445 bits per heavy atom. The molecule has 21 nitrogen and oxygen atoms in total. The van der Waals surface area contributed by atoms with Crippen molar-refractivity contribution >= 4 is 61.8 Å². The van der Waals surface area contributed by atoms with Gasteiger partial charge in [-0.1, -0.05) is 215 Å². The molecule has 0 aliphatic carbocycles. The van der Waals surface area contributed by atoms with Crippen molar-refractivity contribution in [3.05, 3.63) is 84.3 Å². The summed E-state index contributed by atoms with van der Waals surface area (Å²) in [5.41, 5.74) is -0.276. The van der Waals surface area contributed by atoms with E-state index in [2.05, 4.69) is 219 Å². The van der Waals surface area contributed by atoms with Gasteiger partial charge in [0, 0.05) is 117 Å². The minimum Gasteiger partial charge on any atom is -0.481 e. The first-order chi connectivity index (χ1) is 54.8. The number of methoxy groups -OCH3 is 6. The van der Waals surface area contributed by atoms with Crippen molar-refractivity contribution in [3.63, 3.8) is 0 Å². The van der Waals surface area contributed by atoms with Gasteiger partial charge < -0.3 is 78.8 Å². The van der Waals surface area contributed by atoms with Crippen LogP contribution < -0.4 is 0 Å². The maximum atomic E-state index is 15.5. The number of carboxylic acids is 1. The lowest BCUT2D eigenvalue weighted by Crippen LogP contribution is -2.52. The van der Waals surface area contributed by atoms with Crippen LogP contribution in [0.2, 0.25) is 109 Å². The molecular weight excluding hydrogens is 1610 g/mol. The number of aliphatic carboxylic acids is 1. The lowest BCUT2D eigenvalue weighted by Gasteiger charge is -2.45. The third-order valence-corrected chi connectivity index (χ3v) is 55.3. The van der Waals surface area contributed by atoms with E-state index in [9.17, 15) is 15.0 Å². The Hall–Kier alpha value is -2.90. The molecule has 0 saturated carbocycles. The second-order valence-electron chi connectivity index (χ2n) is 41.1. The van der Waals surface area contributed by atoms with Gasteiger partial charge in [0.1, 0.15) is 42.2 Å². The van der Waals surface area contributed by atoms with Crippen molar-refractivity contribution in [2.24, 2.45) is 22.7 Å². The maximum Gasteiger partial charge on any atom is 0.308 e. The Bertz CT molecular complexity index is 3320. The number of carbonyl (C=O) groups excluding carboxylic acids is 1. The summed E-state index contributed by atoms with van der Waals surface area (Å²) in [7, 11) is -3.49. The van der Waals surface area contributed by atoms with Gasteiger partial charge in [0.25, 0.3) is 0 Å². The minimum absolute atomic E-state index is 0.00838. The number of ether oxygens (including phenoxy) is 7. The van der Waals surface area contributed by atoms with Gasteiger partial charge >= 0.3 is 11.9 Å². The lowest BCUT2D eigenvalue weighted by molar-refractivity contribution is -0.167. The van der Waals surface area contributed by atoms with E-state index in [0.717, 1.165) is 36.3 Å². The van der Waals surface area contributed by atoms with Gasteiger partial charge in [-0.3, -0.25) is 9.59 Å². The highest BCUT2D eigenvalue weighted by Gasteiger charge is 2.50. The fourth-order valence-electron chi connectivity index (χ4n) is 13.8. The number of aromatic nitrogens is 2. The number of hydrogen-bond donors (Lipinski definition) is 2. The van der Waals surface area contributed by atoms with Crippen LogP contribution in [0.25, 0.3) is 0 Å². The first-order valence-electron chi connectivity index (χ1n) is 44.6. The Morgan fingerprint density at radius 2 is 0.790 bits per heavy atom. The molecule has 0 radical (unpaired) electrons. The highest BCUT2D eigenvalue weighted by Crippen LogP contribution is 2.46. The fraction of sp³-hybridized carbons (Fsp3) is 0.826. The number of nitrogens with zero attached hydrogens (tertiary/aromatic N) is 2. The highest BCUT2D eigenvalue weighted by atomic mass is 28.4. The molecule has 0 spiro atoms. The predicted molar refractivity (Wildman–Crippen MR) is 501 cm³/mol. The Kier molecular flexibility index (Phi) is 46.6. The molecule has 0 aromatic carbocycles. The summed E-state index contributed by atoms with van der Waals surface area (Å²) in [5, 5.41) is 21.9. The molecular formula is C92H176N2O19Si6. The van der Waals surface area contributed by atoms with Crippen molar-refractivity contribution in [2.75, 3.05) is 55.9 Å². The number of hydrogen-bond acceptors (Lipinski definition) is 20. The normalized spacial score (nSPS) is 17.7. The van der Waals surface area contributed by atoms with Crippen LogP contribution in [0.3, 0.4) is 0 Å². The molecule has 0 unspecified atom stereocenters. The molecule has 2 heterocycles. The molecule has 27 heteroatoms. The van der Waals surface area contributed by atoms with Gasteiger partial charge in [0.05, 0.1) is 67.8 Å². The van der Waals surface area contributed by atoms with Crippen molar-refractivity contribution in [2.45, 2.75) is 412 Å². The number of oxazole rings is 2. The van der Waals surface area contributed by atoms with E-state index >= 15 is 4.79 Å². The lowest BCUT2D eigenvalue weighted by atomic mass is 9.76. The number of aliphatic hydroxyl groups is 1. The van der Waals surface area contributed by atoms with Crippen molar-refractivity contribution < 1.29 is 88.4 Å². The smallest absolute Gasteiger partial charge is 0.308 e. The molecule has 2 N–H and O–H groups in total. The Labute approximate surface area is 731 Å². The molecule has 2 aromatic rings. The number of rotatable bonds is 59. The number of carbonyl (C=O) groups is 2. The minimum atomic E-state index is -2.53. The van der Waals surface area contributed by atoms with E-state index in [4.69, 9.17) is 78.5 Å². The summed E-state index contributed by atoms with van der Waals surface area (Å²) in [6, 6.07) is 5.49. The average Bonchev–Trinajstić information content (AvgIpc) is 1.74. The largest absolute Gasteiger partial charge is 0.481 e. The summed E-state index contributed by atoms with van der Waals surface area (Å²) in [4.78, 5) is 37.6. The highest BCUT2D eigenvalue weighted by molar-refractivity contribution is 6.76. The van der Waals surface area contributed by atoms with Gasteiger partial charge in [0.15, 0.2) is 61.7 Å². The first kappa shape index (κ1) is 112. The first-order valence-corrected chi connectivity index (χ1v) is 61.3. The molecule has 0 aliphatic heterocycles. The van der Waals surface area contributed by atoms with Gasteiger partial charge in [0.2, 0.25) is 0 Å². The van der Waals surface area contributed by atoms with Crippen LogP contribution in [-0.2, 0) is 82.1 Å². The third-order valence-electron chi connectivity index (χ3n) is 27.9. The average molecular weight is 1780 g/mol. The van der Waals surface area contributed by atoms with E-state index in [1.807, 2.05) is 48.6 Å². The summed E-state index contributed by atoms with van der Waals surface area (Å²) in [5.74, 6) is -0.320. The molecule has 2 rings (SSSR count). The fourth-order valence-corrected chi connectivity index (χ4v) is 24.8. The van der Waals surface area contributed by atoms with Gasteiger partial charge in [-0.05, 0) is 122 Å². The molecule has 0 fully saturated rings. The molecule has 0 aliphatic rings. The zero-order chi connectivity index (χ0) is 91.4. The van der Waals surface area contributed by atoms with Crippen molar-refractivity contribution in [3.8, 4) is 0 Å². The number of carboxylic acid groups (broad SMARTS) is 1. The van der Waals surface area contributed by atoms with Gasteiger partial charge in [-0.2, -0.15) is 0 Å². The number of aliphatic hydroxyl groups excluding tert-OH is 1. The molecule has 692 valence electrons. The third kappa shape index (κ3) is 35.0. The summed E-state index contributed by atoms with van der Waals surface area (Å²) < 4.78 is 99.0. The van der Waals surface area contributed by atoms with Crippen LogP contribution in [-0.4, -0.2) is 199 Å². The second-order valence-corrected chi connectivity index (χ2v) is 69.6. The second kappa shape index (κ2) is 49.4. The van der Waals surface area contributed by atoms with E-state index in [1.165, 1.54) is 0 Å². The van der Waals surface area contributed by atoms with Crippen LogP contribution in [0, 0.1) is 22.7 Å². The van der Waals surface area contributed by atoms with Crippen LogP contribution in [0.15, 0.2) is 70.0 Å². The summed E-state index contributed by atoms with van der Waals surface area (Å²) in [6.45, 7) is 71.4. The molecule has 0 amide bonds. The van der Waals surface area contributed by atoms with Crippen LogP contribution >= 0.6 is 0 Å². The van der Waals surface area contributed by atoms with Crippen LogP contribution in [0.1, 0.15) is 253 Å². The van der Waals surface area contributed by atoms with E-state index in [1.54, 1.807) is 55.2 Å². The number of esters is 1. The number of allylic oxidation sites excluding steroid dienone is 4. The van der Waals surface area contributed by atoms with E-state index in [0.29, 0.717) is 87.7 Å². The summed E-state index contributed by atoms with van der Waals surface area (Å²) in [6.07, 6.45) is 16.4. The summed E-state index contributed by atoms with van der Waals surface area (Å²) >= 11 is 0. The Morgan fingerprint density at radius 3 is 1.11 bits per heavy atom. The molecule has 0 saturated heterocycles. The zero-order valence-electron chi connectivity index (χ0n) is 82.3. The van der Waals surface area contributed by atoms with E-state index < -0.39 is 128 Å². The van der Waals surface area contributed by atoms with Gasteiger partial charge in [-0.25, -0.2) is 9.97 Å². The maximum absolute atomic E-state index is 15.5. The topological polar surface area (TPSA) is 247 Å². The molecule has 0 bridgehead atoms. The zero-order valence-corrected chi connectivity index (χ0v) is 88.3. The SMILES string of the molecule is CC[Si](CC)(CC)O[C@@H](Cc1nc([C@H](C/C=C/C=C/[C@H](C[C@@H](CC(=O)O)O[Si](C)(C)C(C)(C)C)OC)OC)co1)C(C)(C)[C@H](C[C@H](OC)[C@@H](C)CO[Si](C)(C)C(C)(C)C)OC(=O)C[C@H](C[C@H](/C=C/C=C/C[C@H](OC)c1coc(C[C@H](O[Si](CC)(CC)CC)C(C)(C)[C@@H](O)C[C@H](OC)[C@@H](C)CO[Si](C)(C)C(C)(C)C)n1)OC)O[Si](C)(C)C(C)(C)C. The molecule has 14 atom stereocenters. The van der Waals surface area contributed by atoms with Crippen LogP contribution in [0.5, 0.6) is 0 Å². The van der Waals surface area contributed by atoms with Crippen LogP contribution in [0.4, 0.5) is 0 Å². The monoisotopic (exact) mass is 1780 g/mol. The van der Waals surface area contributed by atoms with Crippen molar-refractivity contribution in [1.29, 1.82) is 0 Å². The Balaban J connectivity index is 2.69. The van der Waals surface area contributed by atoms with E-state index in [-0.39, 0.29) is 63.1 Å². The standard InChI is InChI=1S/C92H176N2O19Si6/c1-39-118(40-2,41-3)112-81(91(21,22)79(95)59-77(103-29)67(7)63-107-114(31,32)87(9,10)11)61-83-93-73(65-105-83)75(101-27)53-50-46-48-52-70(100-26)56-72(111-117(37,38)90(18,19)20)58-86(98)109-80(60-78(104-30)68(8)64-108-115(33,34)88(12,13)14)92(23,24)82(113-119(42-4,43-5)44-6)62-84-94-74(66-106-84)76(102-28)54-49-45-47-51-69(99-25)55-71(57-85(96)97)110-116(35,36)89(15,16)17/h45-52,65-72,75-82,95H,39-44,53-64H2,1-38H3,(H,96,97)/b49-45+,50-46+,51-47+,52-48+/t67-,68-,69+,70-,71-,72-,75-,76-,77-,78-,79-,80-,81-,82-/m0/s1. The van der Waals surface area contributed by atoms with Crippen molar-refractivity contribution in [1.82, 2.24) is 9.97 Å².